The van der Waals surface area contributed by atoms with Crippen molar-refractivity contribution in [1.29, 1.82) is 0 Å². The van der Waals surface area contributed by atoms with Gasteiger partial charge in [0.05, 0.1) is 26.8 Å². The van der Waals surface area contributed by atoms with Gasteiger partial charge in [-0.25, -0.2) is 9.97 Å². The Morgan fingerprint density at radius 1 is 0.500 bits per heavy atom. The second-order valence-corrected chi connectivity index (χ2v) is 11.7. The first-order chi connectivity index (χ1) is 19.8. The van der Waals surface area contributed by atoms with E-state index in [9.17, 15) is 0 Å². The van der Waals surface area contributed by atoms with Gasteiger partial charge in [-0.15, -0.1) is 11.3 Å². The summed E-state index contributed by atoms with van der Waals surface area (Å²) in [4.78, 5) is 10.2. The van der Waals surface area contributed by atoms with Crippen LogP contribution in [0.1, 0.15) is 0 Å². The van der Waals surface area contributed by atoms with Gasteiger partial charge in [0, 0.05) is 31.6 Å². The van der Waals surface area contributed by atoms with Crippen molar-refractivity contribution in [2.45, 2.75) is 0 Å². The fourth-order valence-electron chi connectivity index (χ4n) is 6.66. The lowest BCUT2D eigenvalue weighted by atomic mass is 9.99. The van der Waals surface area contributed by atoms with Crippen LogP contribution in [0, 0.1) is 0 Å². The van der Waals surface area contributed by atoms with Gasteiger partial charge in [-0.05, 0) is 52.2 Å². The van der Waals surface area contributed by atoms with Gasteiger partial charge in [-0.2, -0.15) is 0 Å². The van der Waals surface area contributed by atoms with Crippen LogP contribution in [0.2, 0.25) is 0 Å². The van der Waals surface area contributed by atoms with Gasteiger partial charge in [-0.1, -0.05) is 84.9 Å². The van der Waals surface area contributed by atoms with E-state index < -0.39 is 0 Å². The molecule has 0 spiro atoms. The molecule has 3 nitrogen and oxygen atoms in total. The molecule has 0 bridgehead atoms. The maximum atomic E-state index is 5.16. The van der Waals surface area contributed by atoms with E-state index in [0.717, 1.165) is 27.6 Å². The Kier molecular flexibility index (Phi) is 3.81. The predicted octanol–water partition coefficient (Wildman–Crippen LogP) is 9.97. The Labute approximate surface area is 231 Å². The standard InChI is InChI=1S/C36H19N3S/c1-2-7-21-18-22(13-12-20(21)6-1)23-14-17-31-28(19-23)26-16-15-25-24-8-5-9-27-32-36(38-30-11-4-3-10-29(30)37-32)39(33(24)27)34(25)35(26)40-31/h1-19H. The van der Waals surface area contributed by atoms with E-state index in [2.05, 4.69) is 101 Å². The summed E-state index contributed by atoms with van der Waals surface area (Å²) in [6.45, 7) is 0. The van der Waals surface area contributed by atoms with E-state index >= 15 is 0 Å². The summed E-state index contributed by atoms with van der Waals surface area (Å²) in [5.74, 6) is 0. The summed E-state index contributed by atoms with van der Waals surface area (Å²) < 4.78 is 4.97. The first-order valence-corrected chi connectivity index (χ1v) is 14.3. The Balaban J connectivity index is 1.32. The summed E-state index contributed by atoms with van der Waals surface area (Å²) >= 11 is 1.87. The minimum Gasteiger partial charge on any atom is -0.290 e. The molecule has 4 aromatic heterocycles. The molecule has 0 aliphatic heterocycles. The molecule has 0 N–H and O–H groups in total. The maximum absolute atomic E-state index is 5.16. The minimum atomic E-state index is 0.924. The van der Waals surface area contributed by atoms with Crippen molar-refractivity contribution in [2.75, 3.05) is 0 Å². The summed E-state index contributed by atoms with van der Waals surface area (Å²) in [5, 5.41) is 8.81. The number of benzene rings is 6. The molecule has 0 aliphatic rings. The molecule has 0 unspecified atom stereocenters. The molecule has 10 rings (SSSR count). The highest BCUT2D eigenvalue weighted by molar-refractivity contribution is 7.26. The number of fused-ring (bicyclic) bond motifs is 12. The molecular weight excluding hydrogens is 506 g/mol. The zero-order valence-electron chi connectivity index (χ0n) is 21.2. The van der Waals surface area contributed by atoms with E-state index in [4.69, 9.17) is 9.97 Å². The van der Waals surface area contributed by atoms with Crippen molar-refractivity contribution >= 4 is 91.7 Å². The first-order valence-electron chi connectivity index (χ1n) is 13.5. The Bertz CT molecular complexity index is 2660. The molecule has 40 heavy (non-hydrogen) atoms. The highest BCUT2D eigenvalue weighted by atomic mass is 32.1. The van der Waals surface area contributed by atoms with Crippen LogP contribution in [-0.2, 0) is 0 Å². The van der Waals surface area contributed by atoms with Gasteiger partial charge < -0.3 is 0 Å². The van der Waals surface area contributed by atoms with Gasteiger partial charge >= 0.3 is 0 Å². The zero-order valence-corrected chi connectivity index (χ0v) is 22.0. The van der Waals surface area contributed by atoms with Crippen LogP contribution >= 0.6 is 11.3 Å². The topological polar surface area (TPSA) is 30.2 Å². The fraction of sp³-hybridized carbons (Fsp3) is 0. The Morgan fingerprint density at radius 2 is 1.23 bits per heavy atom. The Hall–Kier alpha value is -5.06. The molecule has 0 fully saturated rings. The highest BCUT2D eigenvalue weighted by Crippen LogP contribution is 2.45. The molecule has 0 aliphatic carbocycles. The van der Waals surface area contributed by atoms with Crippen LogP contribution in [-0.4, -0.2) is 14.4 Å². The number of nitrogens with zero attached hydrogens (tertiary/aromatic N) is 3. The molecule has 0 amide bonds. The van der Waals surface area contributed by atoms with Crippen molar-refractivity contribution in [2.24, 2.45) is 0 Å². The molecule has 4 heterocycles. The molecule has 0 radical (unpaired) electrons. The minimum absolute atomic E-state index is 0.924. The number of para-hydroxylation sites is 3. The van der Waals surface area contributed by atoms with E-state index in [1.165, 1.54) is 63.9 Å². The van der Waals surface area contributed by atoms with Crippen LogP contribution in [0.15, 0.2) is 115 Å². The zero-order chi connectivity index (χ0) is 25.9. The van der Waals surface area contributed by atoms with Gasteiger partial charge in [0.1, 0.15) is 5.52 Å². The van der Waals surface area contributed by atoms with E-state index in [0.29, 0.717) is 0 Å². The molecule has 10 aromatic rings. The number of aromatic nitrogens is 3. The molecule has 6 aromatic carbocycles. The van der Waals surface area contributed by atoms with Crippen LogP contribution in [0.5, 0.6) is 0 Å². The lowest BCUT2D eigenvalue weighted by Crippen LogP contribution is -1.89. The normalized spacial score (nSPS) is 12.5. The monoisotopic (exact) mass is 525 g/mol. The second kappa shape index (κ2) is 7.32. The summed E-state index contributed by atoms with van der Waals surface area (Å²) in [6.07, 6.45) is 0. The van der Waals surface area contributed by atoms with Gasteiger partial charge in [0.15, 0.2) is 5.65 Å². The van der Waals surface area contributed by atoms with Crippen molar-refractivity contribution in [3.05, 3.63) is 115 Å². The number of rotatable bonds is 1. The number of thiophene rings is 1. The van der Waals surface area contributed by atoms with Gasteiger partial charge in [0.25, 0.3) is 0 Å². The highest BCUT2D eigenvalue weighted by Gasteiger charge is 2.22. The summed E-state index contributed by atoms with van der Waals surface area (Å²) in [7, 11) is 0. The van der Waals surface area contributed by atoms with E-state index in [1.807, 2.05) is 29.5 Å². The molecule has 4 heteroatoms. The quantitative estimate of drug-likeness (QED) is 0.213. The SMILES string of the molecule is c1ccc2cc(-c3ccc4sc5c(ccc6c7cccc8c9nc%10ccccc%10nc9n(c78)c65)c4c3)ccc2c1. The fourth-order valence-corrected chi connectivity index (χ4v) is 7.88. The second-order valence-electron chi connectivity index (χ2n) is 10.6. The van der Waals surface area contributed by atoms with Crippen LogP contribution in [0.25, 0.3) is 91.5 Å². The number of hydrogen-bond acceptors (Lipinski definition) is 3. The smallest absolute Gasteiger partial charge is 0.165 e. The van der Waals surface area contributed by atoms with E-state index in [1.54, 1.807) is 0 Å². The predicted molar refractivity (Wildman–Crippen MR) is 170 cm³/mol. The van der Waals surface area contributed by atoms with Crippen LogP contribution in [0.3, 0.4) is 0 Å². The average Bonchev–Trinajstić information content (AvgIpc) is 3.66. The van der Waals surface area contributed by atoms with Crippen LogP contribution < -0.4 is 0 Å². The molecule has 0 atom stereocenters. The average molecular weight is 526 g/mol. The van der Waals surface area contributed by atoms with Gasteiger partial charge in [0.2, 0.25) is 0 Å². The third kappa shape index (κ3) is 2.59. The van der Waals surface area contributed by atoms with Crippen molar-refractivity contribution in [3.63, 3.8) is 0 Å². The van der Waals surface area contributed by atoms with Crippen molar-refractivity contribution in [1.82, 2.24) is 14.4 Å². The summed E-state index contributed by atoms with van der Waals surface area (Å²) in [6, 6.07) is 41.6. The number of hydrogen-bond donors (Lipinski definition) is 0. The van der Waals surface area contributed by atoms with E-state index in [-0.39, 0.29) is 0 Å². The Morgan fingerprint density at radius 3 is 2.15 bits per heavy atom. The van der Waals surface area contributed by atoms with Crippen molar-refractivity contribution < 1.29 is 0 Å². The molecular formula is C36H19N3S. The van der Waals surface area contributed by atoms with Gasteiger partial charge in [-0.3, -0.25) is 4.40 Å². The molecule has 0 saturated carbocycles. The van der Waals surface area contributed by atoms with Crippen molar-refractivity contribution in [3.8, 4) is 11.1 Å². The molecule has 184 valence electrons. The first kappa shape index (κ1) is 20.8. The largest absolute Gasteiger partial charge is 0.290 e. The lowest BCUT2D eigenvalue weighted by Gasteiger charge is -2.05. The summed E-state index contributed by atoms with van der Waals surface area (Å²) in [5.41, 5.74) is 8.69. The third-order valence-electron chi connectivity index (χ3n) is 8.49. The molecule has 0 saturated heterocycles. The van der Waals surface area contributed by atoms with Crippen LogP contribution in [0.4, 0.5) is 0 Å². The maximum Gasteiger partial charge on any atom is 0.165 e. The third-order valence-corrected chi connectivity index (χ3v) is 9.68. The lowest BCUT2D eigenvalue weighted by molar-refractivity contribution is 1.28.